The Kier molecular flexibility index (Phi) is 5.44. The molecule has 0 aliphatic carbocycles. The van der Waals surface area contributed by atoms with E-state index in [4.69, 9.17) is 11.6 Å². The molecule has 0 saturated carbocycles. The Bertz CT molecular complexity index is 462. The third kappa shape index (κ3) is 3.97. The van der Waals surface area contributed by atoms with E-state index < -0.39 is 0 Å². The summed E-state index contributed by atoms with van der Waals surface area (Å²) in [6, 6.07) is 7.86. The van der Waals surface area contributed by atoms with Crippen molar-refractivity contribution in [3.63, 3.8) is 0 Å². The first kappa shape index (κ1) is 15.3. The van der Waals surface area contributed by atoms with Crippen LogP contribution in [0.25, 0.3) is 0 Å². The highest BCUT2D eigenvalue weighted by Gasteiger charge is 2.29. The molecule has 0 bridgehead atoms. The Morgan fingerprint density at radius 3 is 2.95 bits per heavy atom. The summed E-state index contributed by atoms with van der Waals surface area (Å²) < 4.78 is 0. The second-order valence-corrected chi connectivity index (χ2v) is 5.97. The predicted octanol–water partition coefficient (Wildman–Crippen LogP) is 3.03. The predicted molar refractivity (Wildman–Crippen MR) is 80.8 cm³/mol. The quantitative estimate of drug-likeness (QED) is 0.907. The lowest BCUT2D eigenvalue weighted by molar-refractivity contribution is -0.132. The molecule has 110 valence electrons. The lowest BCUT2D eigenvalue weighted by atomic mass is 10.1. The minimum atomic E-state index is -0.350. The summed E-state index contributed by atoms with van der Waals surface area (Å²) in [7, 11) is 0. The number of nitrogens with zero attached hydrogens (tertiary/aromatic N) is 1. The lowest BCUT2D eigenvalue weighted by Crippen LogP contribution is -2.37. The van der Waals surface area contributed by atoms with E-state index in [1.807, 2.05) is 29.2 Å². The minimum Gasteiger partial charge on any atom is -0.393 e. The maximum atomic E-state index is 12.3. The summed E-state index contributed by atoms with van der Waals surface area (Å²) in [4.78, 5) is 14.3. The molecule has 4 heteroatoms. The number of aryl methyl sites for hydroxylation is 1. The summed E-state index contributed by atoms with van der Waals surface area (Å²) >= 11 is 6.11. The number of hydrogen-bond donors (Lipinski definition) is 1. The van der Waals surface area contributed by atoms with Crippen LogP contribution in [0, 0.1) is 0 Å². The maximum absolute atomic E-state index is 12.3. The van der Waals surface area contributed by atoms with E-state index in [1.165, 1.54) is 0 Å². The molecule has 1 aliphatic heterocycles. The Hall–Kier alpha value is -1.06. The summed E-state index contributed by atoms with van der Waals surface area (Å²) in [6.07, 6.45) is 3.53. The number of carbonyl (C=O) groups is 1. The van der Waals surface area contributed by atoms with E-state index in [2.05, 4.69) is 0 Å². The highest BCUT2D eigenvalue weighted by molar-refractivity contribution is 6.31. The molecule has 2 rings (SSSR count). The van der Waals surface area contributed by atoms with E-state index in [-0.39, 0.29) is 18.1 Å². The number of aliphatic hydroxyl groups excluding tert-OH is 1. The molecule has 1 aromatic rings. The van der Waals surface area contributed by atoms with Gasteiger partial charge in [0.2, 0.25) is 5.91 Å². The third-order valence-electron chi connectivity index (χ3n) is 3.88. The molecular formula is C16H22ClNO2. The van der Waals surface area contributed by atoms with Crippen LogP contribution in [0.3, 0.4) is 0 Å². The number of amides is 1. The molecule has 1 N–H and O–H groups in total. The van der Waals surface area contributed by atoms with Crippen LogP contribution < -0.4 is 0 Å². The van der Waals surface area contributed by atoms with Crippen molar-refractivity contribution >= 4 is 17.5 Å². The number of benzene rings is 1. The highest BCUT2D eigenvalue weighted by Crippen LogP contribution is 2.23. The van der Waals surface area contributed by atoms with Crippen LogP contribution in [-0.2, 0) is 11.2 Å². The van der Waals surface area contributed by atoms with Gasteiger partial charge in [0.15, 0.2) is 0 Å². The lowest BCUT2D eigenvalue weighted by Gasteiger charge is -2.25. The zero-order chi connectivity index (χ0) is 14.5. The van der Waals surface area contributed by atoms with E-state index in [0.717, 1.165) is 30.0 Å². The summed E-state index contributed by atoms with van der Waals surface area (Å²) in [5, 5.41) is 10.2. The molecule has 1 aromatic carbocycles. The summed E-state index contributed by atoms with van der Waals surface area (Å²) in [5.74, 6) is 0.174. The zero-order valence-electron chi connectivity index (χ0n) is 11.9. The topological polar surface area (TPSA) is 40.5 Å². The van der Waals surface area contributed by atoms with Gasteiger partial charge in [-0.15, -0.1) is 0 Å². The average molecular weight is 296 g/mol. The van der Waals surface area contributed by atoms with Gasteiger partial charge in [-0.25, -0.2) is 0 Å². The first-order valence-electron chi connectivity index (χ1n) is 7.29. The van der Waals surface area contributed by atoms with Gasteiger partial charge in [-0.2, -0.15) is 0 Å². The van der Waals surface area contributed by atoms with Crippen molar-refractivity contribution in [2.75, 3.05) is 6.54 Å². The monoisotopic (exact) mass is 295 g/mol. The van der Waals surface area contributed by atoms with Crippen LogP contribution in [0.15, 0.2) is 24.3 Å². The highest BCUT2D eigenvalue weighted by atomic mass is 35.5. The van der Waals surface area contributed by atoms with Crippen molar-refractivity contribution in [2.45, 2.75) is 51.2 Å². The number of rotatable bonds is 5. The largest absolute Gasteiger partial charge is 0.393 e. The molecule has 1 aliphatic rings. The Labute approximate surface area is 125 Å². The van der Waals surface area contributed by atoms with Gasteiger partial charge in [0.1, 0.15) is 0 Å². The molecule has 0 spiro atoms. The fraction of sp³-hybridized carbons (Fsp3) is 0.562. The maximum Gasteiger partial charge on any atom is 0.223 e. The average Bonchev–Trinajstić information content (AvgIpc) is 2.85. The molecule has 3 nitrogen and oxygen atoms in total. The molecule has 20 heavy (non-hydrogen) atoms. The molecule has 0 radical (unpaired) electrons. The van der Waals surface area contributed by atoms with Gasteiger partial charge in [-0.05, 0) is 44.2 Å². The van der Waals surface area contributed by atoms with Crippen LogP contribution in [-0.4, -0.2) is 34.6 Å². The summed E-state index contributed by atoms with van der Waals surface area (Å²) in [6.45, 7) is 2.60. The molecule has 1 fully saturated rings. The van der Waals surface area contributed by atoms with Crippen molar-refractivity contribution in [2.24, 2.45) is 0 Å². The standard InChI is InChI=1S/C16H22ClNO2/c1-12(19)11-14-6-4-10-18(14)16(20)9-8-13-5-2-3-7-15(13)17/h2-3,5,7,12,14,19H,4,6,8-11H2,1H3. The fourth-order valence-electron chi connectivity index (χ4n) is 2.89. The van der Waals surface area contributed by atoms with E-state index >= 15 is 0 Å². The molecule has 0 aromatic heterocycles. The van der Waals surface area contributed by atoms with E-state index in [0.29, 0.717) is 19.3 Å². The first-order chi connectivity index (χ1) is 9.58. The molecule has 1 saturated heterocycles. The zero-order valence-corrected chi connectivity index (χ0v) is 12.6. The minimum absolute atomic E-state index is 0.174. The first-order valence-corrected chi connectivity index (χ1v) is 7.66. The Morgan fingerprint density at radius 2 is 2.25 bits per heavy atom. The second kappa shape index (κ2) is 7.09. The second-order valence-electron chi connectivity index (χ2n) is 5.56. The van der Waals surface area contributed by atoms with Gasteiger partial charge in [-0.1, -0.05) is 29.8 Å². The number of halogens is 1. The third-order valence-corrected chi connectivity index (χ3v) is 4.25. The van der Waals surface area contributed by atoms with Crippen molar-refractivity contribution < 1.29 is 9.90 Å². The molecule has 2 atom stereocenters. The van der Waals surface area contributed by atoms with Gasteiger partial charge in [0, 0.05) is 24.0 Å². The fourth-order valence-corrected chi connectivity index (χ4v) is 3.12. The van der Waals surface area contributed by atoms with Crippen molar-refractivity contribution in [1.29, 1.82) is 0 Å². The van der Waals surface area contributed by atoms with Crippen molar-refractivity contribution in [3.8, 4) is 0 Å². The van der Waals surface area contributed by atoms with Gasteiger partial charge in [0.05, 0.1) is 6.10 Å². The van der Waals surface area contributed by atoms with Crippen LogP contribution in [0.4, 0.5) is 0 Å². The van der Waals surface area contributed by atoms with Crippen LogP contribution in [0.1, 0.15) is 38.2 Å². The van der Waals surface area contributed by atoms with Gasteiger partial charge in [-0.3, -0.25) is 4.79 Å². The van der Waals surface area contributed by atoms with Gasteiger partial charge < -0.3 is 10.0 Å². The van der Waals surface area contributed by atoms with Crippen molar-refractivity contribution in [1.82, 2.24) is 4.90 Å². The van der Waals surface area contributed by atoms with Crippen LogP contribution >= 0.6 is 11.6 Å². The smallest absolute Gasteiger partial charge is 0.223 e. The van der Waals surface area contributed by atoms with E-state index in [9.17, 15) is 9.90 Å². The number of aliphatic hydroxyl groups is 1. The van der Waals surface area contributed by atoms with Crippen molar-refractivity contribution in [3.05, 3.63) is 34.9 Å². The molecule has 1 amide bonds. The SMILES string of the molecule is CC(O)CC1CCCN1C(=O)CCc1ccccc1Cl. The molecular weight excluding hydrogens is 274 g/mol. The Morgan fingerprint density at radius 1 is 1.50 bits per heavy atom. The van der Waals surface area contributed by atoms with Gasteiger partial charge >= 0.3 is 0 Å². The molecule has 2 unspecified atom stereocenters. The number of carbonyl (C=O) groups excluding carboxylic acids is 1. The Balaban J connectivity index is 1.90. The van der Waals surface area contributed by atoms with Crippen LogP contribution in [0.5, 0.6) is 0 Å². The normalized spacial score (nSPS) is 20.1. The molecule has 1 heterocycles. The summed E-state index contributed by atoms with van der Waals surface area (Å²) in [5.41, 5.74) is 1.02. The van der Waals surface area contributed by atoms with Crippen LogP contribution in [0.2, 0.25) is 5.02 Å². The number of hydrogen-bond acceptors (Lipinski definition) is 2. The van der Waals surface area contributed by atoms with E-state index in [1.54, 1.807) is 6.92 Å². The number of likely N-dealkylation sites (tertiary alicyclic amines) is 1. The van der Waals surface area contributed by atoms with Gasteiger partial charge in [0.25, 0.3) is 0 Å².